The molecular formula is C14H30N2O+2. The summed E-state index contributed by atoms with van der Waals surface area (Å²) < 4.78 is 1.79. The van der Waals surface area contributed by atoms with E-state index in [0.29, 0.717) is 17.6 Å². The third-order valence-electron chi connectivity index (χ3n) is 3.45. The third kappa shape index (κ3) is 5.17. The van der Waals surface area contributed by atoms with Gasteiger partial charge in [0, 0.05) is 0 Å². The summed E-state index contributed by atoms with van der Waals surface area (Å²) in [4.78, 5) is 12.5. The van der Waals surface area contributed by atoms with Crippen LogP contribution in [0.1, 0.15) is 19.3 Å². The highest BCUT2D eigenvalue weighted by atomic mass is 16.1. The molecule has 0 amide bonds. The lowest BCUT2D eigenvalue weighted by Gasteiger charge is -2.35. The van der Waals surface area contributed by atoms with Gasteiger partial charge in [-0.25, -0.2) is 0 Å². The van der Waals surface area contributed by atoms with E-state index >= 15 is 0 Å². The average molecular weight is 242 g/mol. The predicted molar refractivity (Wildman–Crippen MR) is 71.6 cm³/mol. The second kappa shape index (κ2) is 5.07. The number of Topliss-reactive ketones (excluding diaryl/α,β-unsaturated/α-hetero) is 1. The Hall–Kier alpha value is -0.410. The quantitative estimate of drug-likeness (QED) is 0.681. The molecule has 1 saturated carbocycles. The summed E-state index contributed by atoms with van der Waals surface area (Å²) in [7, 11) is 13.1. The number of hydrogen-bond acceptors (Lipinski definition) is 1. The number of carbonyl (C=O) groups is 1. The highest BCUT2D eigenvalue weighted by Gasteiger charge is 2.36. The van der Waals surface area contributed by atoms with Crippen LogP contribution in [0.5, 0.6) is 0 Å². The largest absolute Gasteiger partial charge is 0.330 e. The van der Waals surface area contributed by atoms with Crippen molar-refractivity contribution in [3.63, 3.8) is 0 Å². The van der Waals surface area contributed by atoms with Gasteiger partial charge in [-0.15, -0.1) is 0 Å². The monoisotopic (exact) mass is 242 g/mol. The van der Waals surface area contributed by atoms with Gasteiger partial charge in [-0.3, -0.25) is 4.79 Å². The van der Waals surface area contributed by atoms with Crippen LogP contribution in [0.2, 0.25) is 0 Å². The molecule has 1 aliphatic carbocycles. The van der Waals surface area contributed by atoms with Crippen LogP contribution >= 0.6 is 0 Å². The molecule has 3 nitrogen and oxygen atoms in total. The fourth-order valence-corrected chi connectivity index (χ4v) is 2.91. The van der Waals surface area contributed by atoms with Gasteiger partial charge in [0.1, 0.15) is 5.78 Å². The van der Waals surface area contributed by atoms with Crippen molar-refractivity contribution in [2.24, 2.45) is 11.8 Å². The van der Waals surface area contributed by atoms with E-state index in [9.17, 15) is 4.79 Å². The van der Waals surface area contributed by atoms with Crippen LogP contribution in [0.15, 0.2) is 0 Å². The van der Waals surface area contributed by atoms with Crippen LogP contribution in [0.4, 0.5) is 0 Å². The molecule has 1 rings (SSSR count). The molecule has 2 atom stereocenters. The van der Waals surface area contributed by atoms with Crippen LogP contribution < -0.4 is 0 Å². The Morgan fingerprint density at radius 1 is 0.882 bits per heavy atom. The zero-order chi connectivity index (χ0) is 13.3. The summed E-state index contributed by atoms with van der Waals surface area (Å²) in [6, 6.07) is 0. The van der Waals surface area contributed by atoms with E-state index < -0.39 is 0 Å². The minimum absolute atomic E-state index is 0.292. The molecule has 1 fully saturated rings. The fourth-order valence-electron chi connectivity index (χ4n) is 2.91. The summed E-state index contributed by atoms with van der Waals surface area (Å²) in [5.74, 6) is 1.11. The van der Waals surface area contributed by atoms with Gasteiger partial charge in [0.25, 0.3) is 0 Å². The van der Waals surface area contributed by atoms with Crippen molar-refractivity contribution in [2.45, 2.75) is 19.3 Å². The summed E-state index contributed by atoms with van der Waals surface area (Å²) in [6.07, 6.45) is 3.42. The first-order valence-corrected chi connectivity index (χ1v) is 6.73. The van der Waals surface area contributed by atoms with E-state index in [1.54, 1.807) is 0 Å². The first-order chi connectivity index (χ1) is 7.58. The van der Waals surface area contributed by atoms with Crippen LogP contribution in [-0.4, -0.2) is 70.1 Å². The van der Waals surface area contributed by atoms with Crippen molar-refractivity contribution in [2.75, 3.05) is 55.4 Å². The maximum atomic E-state index is 12.5. The Morgan fingerprint density at radius 3 is 1.53 bits per heavy atom. The van der Waals surface area contributed by atoms with Gasteiger partial charge in [0.2, 0.25) is 0 Å². The number of rotatable bonds is 4. The molecule has 0 aliphatic heterocycles. The molecular weight excluding hydrogens is 212 g/mol. The second-order valence-electron chi connectivity index (χ2n) is 7.67. The van der Waals surface area contributed by atoms with Crippen molar-refractivity contribution in [3.05, 3.63) is 0 Å². The molecule has 0 aromatic carbocycles. The molecule has 0 unspecified atom stereocenters. The molecule has 100 valence electrons. The summed E-state index contributed by atoms with van der Waals surface area (Å²) in [5.41, 5.74) is 0. The van der Waals surface area contributed by atoms with E-state index in [4.69, 9.17) is 0 Å². The van der Waals surface area contributed by atoms with Gasteiger partial charge in [-0.2, -0.15) is 0 Å². The van der Waals surface area contributed by atoms with Crippen LogP contribution in [0, 0.1) is 11.8 Å². The Bertz CT molecular complexity index is 247. The summed E-state index contributed by atoms with van der Waals surface area (Å²) in [6.45, 7) is 1.99. The molecule has 0 bridgehead atoms. The smallest absolute Gasteiger partial charge is 0.150 e. The first kappa shape index (κ1) is 14.7. The van der Waals surface area contributed by atoms with Gasteiger partial charge in [0.15, 0.2) is 0 Å². The van der Waals surface area contributed by atoms with Crippen molar-refractivity contribution >= 4 is 5.78 Å². The number of nitrogens with zero attached hydrogens (tertiary/aromatic N) is 2. The van der Waals surface area contributed by atoms with Crippen molar-refractivity contribution in [3.8, 4) is 0 Å². The second-order valence-corrected chi connectivity index (χ2v) is 7.67. The van der Waals surface area contributed by atoms with Gasteiger partial charge in [0.05, 0.1) is 67.2 Å². The van der Waals surface area contributed by atoms with Gasteiger partial charge < -0.3 is 8.97 Å². The zero-order valence-electron chi connectivity index (χ0n) is 12.5. The van der Waals surface area contributed by atoms with E-state index in [1.807, 2.05) is 0 Å². The predicted octanol–water partition coefficient (Wildman–Crippen LogP) is 1.38. The van der Waals surface area contributed by atoms with E-state index in [-0.39, 0.29) is 0 Å². The van der Waals surface area contributed by atoms with Gasteiger partial charge in [-0.1, -0.05) is 6.42 Å². The normalized spacial score (nSPS) is 27.3. The Morgan fingerprint density at radius 2 is 1.24 bits per heavy atom. The minimum Gasteiger partial charge on any atom is -0.330 e. The summed E-state index contributed by atoms with van der Waals surface area (Å²) >= 11 is 0. The average Bonchev–Trinajstić information content (AvgIpc) is 2.07. The number of hydrogen-bond donors (Lipinski definition) is 0. The topological polar surface area (TPSA) is 17.1 Å². The van der Waals surface area contributed by atoms with Crippen molar-refractivity contribution < 1.29 is 13.8 Å². The van der Waals surface area contributed by atoms with Crippen molar-refractivity contribution in [1.82, 2.24) is 0 Å². The highest BCUT2D eigenvalue weighted by Crippen LogP contribution is 2.28. The van der Waals surface area contributed by atoms with E-state index in [1.165, 1.54) is 6.42 Å². The number of carbonyl (C=O) groups excluding carboxylic acids is 1. The molecule has 0 heterocycles. The molecule has 0 aromatic rings. The lowest BCUT2D eigenvalue weighted by Crippen LogP contribution is -2.48. The zero-order valence-corrected chi connectivity index (χ0v) is 12.5. The lowest BCUT2D eigenvalue weighted by molar-refractivity contribution is -0.874. The van der Waals surface area contributed by atoms with Crippen LogP contribution in [0.3, 0.4) is 0 Å². The third-order valence-corrected chi connectivity index (χ3v) is 3.45. The lowest BCUT2D eigenvalue weighted by atomic mass is 9.79. The van der Waals surface area contributed by atoms with Gasteiger partial charge >= 0.3 is 0 Å². The molecule has 0 aromatic heterocycles. The molecule has 0 N–H and O–H groups in total. The molecule has 1 aliphatic rings. The SMILES string of the molecule is C[N+](C)(C)C[C@H]1CCC[C@H](C[N+](C)(C)C)C1=O. The molecule has 0 spiro atoms. The molecule has 0 saturated heterocycles. The number of ketones is 1. The molecule has 3 heteroatoms. The van der Waals surface area contributed by atoms with E-state index in [0.717, 1.165) is 34.9 Å². The standard InChI is InChI=1S/C14H30N2O/c1-15(2,3)10-12-8-7-9-13(14(12)17)11-16(4,5)6/h12-13H,7-11H2,1-6H3/q+2/t12-,13-/m1/s1. The minimum atomic E-state index is 0.292. The Kier molecular flexibility index (Phi) is 4.37. The summed E-state index contributed by atoms with van der Waals surface area (Å²) in [5, 5.41) is 0. The molecule has 17 heavy (non-hydrogen) atoms. The van der Waals surface area contributed by atoms with Gasteiger partial charge in [-0.05, 0) is 12.8 Å². The van der Waals surface area contributed by atoms with Crippen LogP contribution in [-0.2, 0) is 4.79 Å². The Balaban J connectivity index is 2.63. The number of quaternary nitrogens is 2. The maximum Gasteiger partial charge on any atom is 0.150 e. The van der Waals surface area contributed by atoms with E-state index in [2.05, 4.69) is 42.3 Å². The Labute approximate surface area is 107 Å². The fraction of sp³-hybridized carbons (Fsp3) is 0.929. The highest BCUT2D eigenvalue weighted by molar-refractivity contribution is 5.84. The van der Waals surface area contributed by atoms with Crippen LogP contribution in [0.25, 0.3) is 0 Å². The maximum absolute atomic E-state index is 12.5. The van der Waals surface area contributed by atoms with Crippen molar-refractivity contribution in [1.29, 1.82) is 0 Å². The first-order valence-electron chi connectivity index (χ1n) is 6.73. The molecule has 0 radical (unpaired) electrons.